The fourth-order valence-electron chi connectivity index (χ4n) is 3.42. The molecule has 1 fully saturated rings. The van der Waals surface area contributed by atoms with E-state index >= 15 is 0 Å². The van der Waals surface area contributed by atoms with Gasteiger partial charge in [-0.3, -0.25) is 9.69 Å². The van der Waals surface area contributed by atoms with Gasteiger partial charge in [0.25, 0.3) is 0 Å². The Labute approximate surface area is 181 Å². The maximum Gasteiger partial charge on any atom is 0.241 e. The van der Waals surface area contributed by atoms with Gasteiger partial charge >= 0.3 is 0 Å². The van der Waals surface area contributed by atoms with Crippen LogP contribution < -0.4 is 5.32 Å². The van der Waals surface area contributed by atoms with Crippen molar-refractivity contribution in [2.45, 2.75) is 33.4 Å². The van der Waals surface area contributed by atoms with Crippen LogP contribution in [0.5, 0.6) is 0 Å². The lowest BCUT2D eigenvalue weighted by Gasteiger charge is -2.33. The van der Waals surface area contributed by atoms with Crippen LogP contribution in [-0.4, -0.2) is 64.5 Å². The number of hydrogen-bond donors (Lipinski definition) is 1. The number of hydrogen-bond acceptors (Lipinski definition) is 5. The number of ether oxygens (including phenoxy) is 1. The highest BCUT2D eigenvalue weighted by molar-refractivity contribution is 6.42. The molecule has 3 rings (SSSR count). The van der Waals surface area contributed by atoms with Gasteiger partial charge in [-0.25, -0.2) is 9.67 Å². The SMILES string of the molecule is Cc1nc(-c2ccc(Cl)c(Cl)c2)n(CC(=O)NCC2CN(CC(C)C)CCO2)n1. The molecule has 1 unspecified atom stereocenters. The van der Waals surface area contributed by atoms with E-state index in [0.717, 1.165) is 25.2 Å². The first-order valence-corrected chi connectivity index (χ1v) is 10.5. The summed E-state index contributed by atoms with van der Waals surface area (Å²) in [7, 11) is 0. The zero-order valence-corrected chi connectivity index (χ0v) is 18.5. The Morgan fingerprint density at radius 3 is 2.86 bits per heavy atom. The number of benzene rings is 1. The second-order valence-electron chi connectivity index (χ2n) is 7.72. The molecule has 0 aliphatic carbocycles. The number of amides is 1. The zero-order chi connectivity index (χ0) is 21.0. The lowest BCUT2D eigenvalue weighted by Crippen LogP contribution is -2.48. The topological polar surface area (TPSA) is 72.3 Å². The first-order valence-electron chi connectivity index (χ1n) is 9.79. The van der Waals surface area contributed by atoms with Crippen LogP contribution in [0.25, 0.3) is 11.4 Å². The molecule has 0 bridgehead atoms. The summed E-state index contributed by atoms with van der Waals surface area (Å²) < 4.78 is 7.37. The van der Waals surface area contributed by atoms with E-state index in [-0.39, 0.29) is 18.6 Å². The van der Waals surface area contributed by atoms with Gasteiger partial charge < -0.3 is 10.1 Å². The van der Waals surface area contributed by atoms with Crippen LogP contribution in [0.15, 0.2) is 18.2 Å². The molecule has 2 heterocycles. The standard InChI is InChI=1S/C20H27Cl2N5O2/c1-13(2)10-26-6-7-29-16(11-26)9-23-19(28)12-27-20(24-14(3)25-27)15-4-5-17(21)18(22)8-15/h4-5,8,13,16H,6-7,9-12H2,1-3H3,(H,23,28). The van der Waals surface area contributed by atoms with Gasteiger partial charge in [0.1, 0.15) is 12.4 Å². The van der Waals surface area contributed by atoms with Crippen molar-refractivity contribution in [2.75, 3.05) is 32.8 Å². The summed E-state index contributed by atoms with van der Waals surface area (Å²) in [6, 6.07) is 5.24. The monoisotopic (exact) mass is 439 g/mol. The highest BCUT2D eigenvalue weighted by atomic mass is 35.5. The lowest BCUT2D eigenvalue weighted by atomic mass is 10.2. The van der Waals surface area contributed by atoms with Crippen molar-refractivity contribution >= 4 is 29.1 Å². The predicted octanol–water partition coefficient (Wildman–Crippen LogP) is 3.03. The molecule has 1 amide bonds. The minimum Gasteiger partial charge on any atom is -0.374 e. The van der Waals surface area contributed by atoms with Crippen molar-refractivity contribution < 1.29 is 9.53 Å². The number of carbonyl (C=O) groups is 1. The minimum atomic E-state index is -0.138. The molecule has 1 aromatic heterocycles. The summed E-state index contributed by atoms with van der Waals surface area (Å²) in [4.78, 5) is 19.3. The third-order valence-electron chi connectivity index (χ3n) is 4.62. The number of nitrogens with one attached hydrogen (secondary N) is 1. The van der Waals surface area contributed by atoms with Crippen LogP contribution >= 0.6 is 23.2 Å². The van der Waals surface area contributed by atoms with Gasteiger partial charge in [0, 0.05) is 31.7 Å². The van der Waals surface area contributed by atoms with Crippen LogP contribution in [0.4, 0.5) is 0 Å². The van der Waals surface area contributed by atoms with E-state index < -0.39 is 0 Å². The summed E-state index contributed by atoms with van der Waals surface area (Å²) in [5, 5.41) is 8.20. The fourth-order valence-corrected chi connectivity index (χ4v) is 3.72. The van der Waals surface area contributed by atoms with E-state index in [9.17, 15) is 4.79 Å². The Kier molecular flexibility index (Phi) is 7.51. The van der Waals surface area contributed by atoms with E-state index in [1.165, 1.54) is 0 Å². The second kappa shape index (κ2) is 9.89. The third-order valence-corrected chi connectivity index (χ3v) is 5.36. The molecular weight excluding hydrogens is 413 g/mol. The quantitative estimate of drug-likeness (QED) is 0.717. The van der Waals surface area contributed by atoms with Crippen molar-refractivity contribution in [1.82, 2.24) is 25.0 Å². The van der Waals surface area contributed by atoms with E-state index in [1.54, 1.807) is 23.7 Å². The Bertz CT molecular complexity index is 855. The lowest BCUT2D eigenvalue weighted by molar-refractivity contribution is -0.123. The molecule has 7 nitrogen and oxygen atoms in total. The Morgan fingerprint density at radius 1 is 1.34 bits per heavy atom. The summed E-state index contributed by atoms with van der Waals surface area (Å²) >= 11 is 12.1. The average Bonchev–Trinajstić information content (AvgIpc) is 3.02. The molecule has 1 aromatic carbocycles. The minimum absolute atomic E-state index is 0.00141. The molecule has 1 saturated heterocycles. The molecule has 9 heteroatoms. The number of rotatable bonds is 7. The molecule has 1 aliphatic rings. The van der Waals surface area contributed by atoms with Crippen molar-refractivity contribution in [3.8, 4) is 11.4 Å². The molecule has 29 heavy (non-hydrogen) atoms. The normalized spacial score (nSPS) is 17.7. The number of aryl methyl sites for hydroxylation is 1. The molecule has 0 radical (unpaired) electrons. The van der Waals surface area contributed by atoms with Crippen molar-refractivity contribution in [3.05, 3.63) is 34.1 Å². The second-order valence-corrected chi connectivity index (χ2v) is 8.53. The van der Waals surface area contributed by atoms with Crippen molar-refractivity contribution in [3.63, 3.8) is 0 Å². The molecule has 158 valence electrons. The Hall–Kier alpha value is -1.67. The predicted molar refractivity (Wildman–Crippen MR) is 114 cm³/mol. The van der Waals surface area contributed by atoms with Crippen molar-refractivity contribution in [1.29, 1.82) is 0 Å². The van der Waals surface area contributed by atoms with E-state index in [2.05, 4.69) is 34.1 Å². The van der Waals surface area contributed by atoms with E-state index in [0.29, 0.717) is 40.8 Å². The number of halogens is 2. The third kappa shape index (κ3) is 6.15. The van der Waals surface area contributed by atoms with Crippen LogP contribution in [-0.2, 0) is 16.1 Å². The number of morpholine rings is 1. The number of nitrogens with zero attached hydrogens (tertiary/aromatic N) is 4. The molecular formula is C20H27Cl2N5O2. The van der Waals surface area contributed by atoms with Gasteiger partial charge in [0.15, 0.2) is 5.82 Å². The first kappa shape index (κ1) is 22.0. The van der Waals surface area contributed by atoms with Crippen LogP contribution in [0.1, 0.15) is 19.7 Å². The average molecular weight is 440 g/mol. The number of carbonyl (C=O) groups excluding carboxylic acids is 1. The Morgan fingerprint density at radius 2 is 2.14 bits per heavy atom. The maximum atomic E-state index is 12.5. The highest BCUT2D eigenvalue weighted by Crippen LogP contribution is 2.27. The van der Waals surface area contributed by atoms with E-state index in [4.69, 9.17) is 27.9 Å². The largest absolute Gasteiger partial charge is 0.374 e. The van der Waals surface area contributed by atoms with E-state index in [1.807, 2.05) is 6.07 Å². The van der Waals surface area contributed by atoms with Gasteiger partial charge in [0.2, 0.25) is 5.91 Å². The highest BCUT2D eigenvalue weighted by Gasteiger charge is 2.22. The summed E-state index contributed by atoms with van der Waals surface area (Å²) in [6.07, 6.45) is -0.00141. The smallest absolute Gasteiger partial charge is 0.241 e. The van der Waals surface area contributed by atoms with Crippen LogP contribution in [0.2, 0.25) is 10.0 Å². The Balaban J connectivity index is 1.59. The molecule has 1 aliphatic heterocycles. The molecule has 1 N–H and O–H groups in total. The van der Waals surface area contributed by atoms with Crippen molar-refractivity contribution in [2.24, 2.45) is 5.92 Å². The zero-order valence-electron chi connectivity index (χ0n) is 17.0. The summed E-state index contributed by atoms with van der Waals surface area (Å²) in [5.74, 6) is 1.63. The molecule has 0 saturated carbocycles. The summed E-state index contributed by atoms with van der Waals surface area (Å²) in [6.45, 7) is 10.2. The molecule has 2 aromatic rings. The van der Waals surface area contributed by atoms with Gasteiger partial charge in [-0.05, 0) is 31.0 Å². The first-order chi connectivity index (χ1) is 13.8. The van der Waals surface area contributed by atoms with Crippen LogP contribution in [0, 0.1) is 12.8 Å². The van der Waals surface area contributed by atoms with Gasteiger partial charge in [0.05, 0.1) is 22.8 Å². The van der Waals surface area contributed by atoms with Crippen LogP contribution in [0.3, 0.4) is 0 Å². The maximum absolute atomic E-state index is 12.5. The molecule has 0 spiro atoms. The fraction of sp³-hybridized carbons (Fsp3) is 0.550. The van der Waals surface area contributed by atoms with Gasteiger partial charge in [-0.1, -0.05) is 37.0 Å². The summed E-state index contributed by atoms with van der Waals surface area (Å²) in [5.41, 5.74) is 0.757. The molecule has 1 atom stereocenters. The van der Waals surface area contributed by atoms with Gasteiger partial charge in [-0.15, -0.1) is 0 Å². The van der Waals surface area contributed by atoms with Gasteiger partial charge in [-0.2, -0.15) is 5.10 Å². The number of aromatic nitrogens is 3.